The van der Waals surface area contributed by atoms with Crippen molar-refractivity contribution in [2.45, 2.75) is 37.7 Å². The van der Waals surface area contributed by atoms with Crippen LogP contribution in [0.4, 0.5) is 5.69 Å². The zero-order chi connectivity index (χ0) is 21.2. The van der Waals surface area contributed by atoms with Gasteiger partial charge in [0.15, 0.2) is 15.6 Å². The van der Waals surface area contributed by atoms with Crippen LogP contribution in [-0.4, -0.2) is 40.2 Å². The molecule has 0 saturated carbocycles. The number of carbonyl (C=O) groups excluding carboxylic acids is 1. The van der Waals surface area contributed by atoms with E-state index in [1.165, 1.54) is 4.31 Å². The maximum atomic E-state index is 12.6. The Balaban J connectivity index is 1.72. The number of hydrogen-bond acceptors (Lipinski definition) is 5. The van der Waals surface area contributed by atoms with Crippen LogP contribution in [0, 0.1) is 0 Å². The molecule has 1 aliphatic heterocycles. The Morgan fingerprint density at radius 1 is 1.07 bits per heavy atom. The fraction of sp³-hybridized carbons (Fsp3) is 0.381. The number of carbonyl (C=O) groups is 1. The predicted molar refractivity (Wildman–Crippen MR) is 114 cm³/mol. The van der Waals surface area contributed by atoms with Crippen molar-refractivity contribution in [1.82, 2.24) is 0 Å². The summed E-state index contributed by atoms with van der Waals surface area (Å²) in [5.74, 6) is -0.00902. The van der Waals surface area contributed by atoms with E-state index in [0.717, 1.165) is 5.56 Å². The molecule has 0 spiro atoms. The van der Waals surface area contributed by atoms with E-state index in [-0.39, 0.29) is 23.7 Å². The van der Waals surface area contributed by atoms with Crippen molar-refractivity contribution >= 4 is 31.3 Å². The smallest absolute Gasteiger partial charge is 0.235 e. The van der Waals surface area contributed by atoms with Crippen LogP contribution >= 0.6 is 0 Å². The van der Waals surface area contributed by atoms with Crippen molar-refractivity contribution in [3.8, 4) is 0 Å². The zero-order valence-corrected chi connectivity index (χ0v) is 18.2. The molecular weight excluding hydrogens is 410 g/mol. The molecule has 0 aliphatic carbocycles. The second kappa shape index (κ2) is 8.28. The molecule has 0 bridgehead atoms. The molecule has 0 N–H and O–H groups in total. The molecule has 1 heterocycles. The first-order chi connectivity index (χ1) is 13.6. The highest BCUT2D eigenvalue weighted by molar-refractivity contribution is 7.93. The van der Waals surface area contributed by atoms with Gasteiger partial charge < -0.3 is 0 Å². The van der Waals surface area contributed by atoms with E-state index in [0.29, 0.717) is 29.8 Å². The summed E-state index contributed by atoms with van der Waals surface area (Å²) in [5, 5.41) is -0.449. The number of nitrogens with zero attached hydrogens (tertiary/aromatic N) is 1. The monoisotopic (exact) mass is 435 g/mol. The summed E-state index contributed by atoms with van der Waals surface area (Å²) in [4.78, 5) is 12.6. The average Bonchev–Trinajstić information content (AvgIpc) is 3.01. The van der Waals surface area contributed by atoms with Crippen LogP contribution in [-0.2, 0) is 32.0 Å². The number of hydrogen-bond donors (Lipinski definition) is 0. The van der Waals surface area contributed by atoms with Crippen LogP contribution in [0.5, 0.6) is 0 Å². The molecule has 2 aromatic rings. The third-order valence-electron chi connectivity index (χ3n) is 5.02. The number of Topliss-reactive ketones (excluding diaryl/α,β-unsaturated/α-hetero) is 1. The van der Waals surface area contributed by atoms with E-state index in [2.05, 4.69) is 0 Å². The lowest BCUT2D eigenvalue weighted by Crippen LogP contribution is -2.25. The summed E-state index contributed by atoms with van der Waals surface area (Å²) in [7, 11) is -6.46. The molecule has 156 valence electrons. The molecule has 0 aromatic heterocycles. The Hall–Kier alpha value is -2.19. The summed E-state index contributed by atoms with van der Waals surface area (Å²) in [6.07, 6.45) is 0.746. The van der Waals surface area contributed by atoms with Crippen LogP contribution in [0.2, 0.25) is 0 Å². The summed E-state index contributed by atoms with van der Waals surface area (Å²) < 4.78 is 49.7. The first-order valence-electron chi connectivity index (χ1n) is 9.51. The third-order valence-corrected chi connectivity index (χ3v) is 9.07. The largest absolute Gasteiger partial charge is 0.294 e. The molecule has 0 unspecified atom stereocenters. The highest BCUT2D eigenvalue weighted by atomic mass is 32.2. The summed E-state index contributed by atoms with van der Waals surface area (Å²) in [6, 6.07) is 13.6. The number of rotatable bonds is 7. The lowest BCUT2D eigenvalue weighted by atomic mass is 10.0. The number of sulfonamides is 1. The molecule has 6 nitrogen and oxygen atoms in total. The molecule has 1 aliphatic rings. The molecule has 1 fully saturated rings. The van der Waals surface area contributed by atoms with Crippen molar-refractivity contribution in [3.05, 3.63) is 65.2 Å². The van der Waals surface area contributed by atoms with Gasteiger partial charge in [0, 0.05) is 18.5 Å². The van der Waals surface area contributed by atoms with E-state index in [9.17, 15) is 21.6 Å². The second-order valence-corrected chi connectivity index (χ2v) is 12.1. The summed E-state index contributed by atoms with van der Waals surface area (Å²) >= 11 is 0. The van der Waals surface area contributed by atoms with Gasteiger partial charge in [0.2, 0.25) is 10.0 Å². The highest BCUT2D eigenvalue weighted by Crippen LogP contribution is 2.25. The maximum absolute atomic E-state index is 12.6. The minimum absolute atomic E-state index is 0.0501. The standard InChI is InChI=1S/C21H25NO5S2/c1-16(2)28(24,25)15-17-7-9-19(10-8-17)21(23)14-18-5-3-6-20(13-18)22-11-4-12-29(22,26)27/h3,5-10,13,16H,4,11-12,14-15H2,1-2H3. The maximum Gasteiger partial charge on any atom is 0.235 e. The number of anilines is 1. The minimum Gasteiger partial charge on any atom is -0.294 e. The van der Waals surface area contributed by atoms with Crippen LogP contribution in [0.15, 0.2) is 48.5 Å². The predicted octanol–water partition coefficient (Wildman–Crippen LogP) is 2.98. The molecule has 8 heteroatoms. The van der Waals surface area contributed by atoms with E-state index in [1.54, 1.807) is 62.4 Å². The Kier molecular flexibility index (Phi) is 6.14. The second-order valence-electron chi connectivity index (χ2n) is 7.56. The normalized spacial score (nSPS) is 16.3. The SMILES string of the molecule is CC(C)S(=O)(=O)Cc1ccc(C(=O)Cc2cccc(N3CCCS3(=O)=O)c2)cc1. The third kappa shape index (κ3) is 5.05. The first-order valence-corrected chi connectivity index (χ1v) is 12.8. The van der Waals surface area contributed by atoms with Crippen LogP contribution in [0.1, 0.15) is 41.8 Å². The molecule has 0 atom stereocenters. The highest BCUT2D eigenvalue weighted by Gasteiger charge is 2.28. The molecule has 1 saturated heterocycles. The van der Waals surface area contributed by atoms with E-state index in [4.69, 9.17) is 0 Å². The quantitative estimate of drug-likeness (QED) is 0.624. The van der Waals surface area contributed by atoms with Gasteiger partial charge in [-0.25, -0.2) is 16.8 Å². The van der Waals surface area contributed by atoms with Crippen molar-refractivity contribution in [2.24, 2.45) is 0 Å². The van der Waals surface area contributed by atoms with Crippen LogP contribution in [0.25, 0.3) is 0 Å². The lowest BCUT2D eigenvalue weighted by Gasteiger charge is -2.17. The molecule has 3 rings (SSSR count). The van der Waals surface area contributed by atoms with E-state index < -0.39 is 25.1 Å². The molecular formula is C21H25NO5S2. The van der Waals surface area contributed by atoms with E-state index in [1.807, 2.05) is 0 Å². The summed E-state index contributed by atoms with van der Waals surface area (Å²) in [5.41, 5.74) is 2.47. The Labute approximate surface area is 172 Å². The number of ketones is 1. The van der Waals surface area contributed by atoms with Crippen molar-refractivity contribution < 1.29 is 21.6 Å². The number of benzene rings is 2. The first kappa shape index (κ1) is 21.5. The lowest BCUT2D eigenvalue weighted by molar-refractivity contribution is 0.0993. The Morgan fingerprint density at radius 2 is 1.76 bits per heavy atom. The van der Waals surface area contributed by atoms with Gasteiger partial charge in [0.1, 0.15) is 0 Å². The van der Waals surface area contributed by atoms with Gasteiger partial charge in [-0.05, 0) is 43.5 Å². The number of sulfone groups is 1. The minimum atomic E-state index is -3.26. The Bertz CT molecular complexity index is 1100. The fourth-order valence-corrected chi connectivity index (χ4v) is 5.77. The van der Waals surface area contributed by atoms with Gasteiger partial charge in [-0.15, -0.1) is 0 Å². The molecule has 0 amide bonds. The fourth-order valence-electron chi connectivity index (χ4n) is 3.22. The average molecular weight is 436 g/mol. The van der Waals surface area contributed by atoms with Crippen molar-refractivity contribution in [3.63, 3.8) is 0 Å². The van der Waals surface area contributed by atoms with Gasteiger partial charge in [0.05, 0.1) is 22.4 Å². The molecule has 29 heavy (non-hydrogen) atoms. The summed E-state index contributed by atoms with van der Waals surface area (Å²) in [6.45, 7) is 3.75. The van der Waals surface area contributed by atoms with Crippen molar-refractivity contribution in [2.75, 3.05) is 16.6 Å². The van der Waals surface area contributed by atoms with Gasteiger partial charge >= 0.3 is 0 Å². The topological polar surface area (TPSA) is 88.6 Å². The zero-order valence-electron chi connectivity index (χ0n) is 16.5. The van der Waals surface area contributed by atoms with E-state index >= 15 is 0 Å². The molecule has 2 aromatic carbocycles. The van der Waals surface area contributed by atoms with Gasteiger partial charge in [-0.2, -0.15) is 0 Å². The van der Waals surface area contributed by atoms with Gasteiger partial charge in [-0.3, -0.25) is 9.10 Å². The van der Waals surface area contributed by atoms with Crippen molar-refractivity contribution in [1.29, 1.82) is 0 Å². The Morgan fingerprint density at radius 3 is 2.34 bits per heavy atom. The van der Waals surface area contributed by atoms with Crippen LogP contribution < -0.4 is 4.31 Å². The van der Waals surface area contributed by atoms with Gasteiger partial charge in [-0.1, -0.05) is 36.4 Å². The van der Waals surface area contributed by atoms with Gasteiger partial charge in [0.25, 0.3) is 0 Å². The molecule has 0 radical (unpaired) electrons. The van der Waals surface area contributed by atoms with Crippen LogP contribution in [0.3, 0.4) is 0 Å².